The van der Waals surface area contributed by atoms with E-state index in [0.29, 0.717) is 35.2 Å². The minimum absolute atomic E-state index is 0.00331. The molecule has 1 aromatic heterocycles. The minimum atomic E-state index is -0.128. The van der Waals surface area contributed by atoms with Crippen LogP contribution in [0.15, 0.2) is 59.1 Å². The van der Waals surface area contributed by atoms with E-state index >= 15 is 0 Å². The molecule has 0 aliphatic heterocycles. The summed E-state index contributed by atoms with van der Waals surface area (Å²) >= 11 is 0. The summed E-state index contributed by atoms with van der Waals surface area (Å²) in [7, 11) is 0. The van der Waals surface area contributed by atoms with Crippen molar-refractivity contribution in [3.05, 3.63) is 71.7 Å². The Bertz CT molecular complexity index is 954. The molecule has 1 amide bonds. The lowest BCUT2D eigenvalue weighted by Gasteiger charge is -2.05. The third-order valence-corrected chi connectivity index (χ3v) is 4.56. The lowest BCUT2D eigenvalue weighted by molar-refractivity contribution is -0.116. The van der Waals surface area contributed by atoms with E-state index in [2.05, 4.69) is 36.3 Å². The average molecular weight is 376 g/mol. The third kappa shape index (κ3) is 4.94. The first-order chi connectivity index (χ1) is 13.4. The Kier molecular flexibility index (Phi) is 6.04. The number of aromatic nitrogens is 1. The molecule has 5 nitrogen and oxygen atoms in total. The first-order valence-corrected chi connectivity index (χ1v) is 9.38. The van der Waals surface area contributed by atoms with Crippen molar-refractivity contribution in [2.75, 3.05) is 5.32 Å². The van der Waals surface area contributed by atoms with Gasteiger partial charge in [-0.05, 0) is 42.7 Å². The number of aryl methyl sites for hydroxylation is 1. The Balaban J connectivity index is 1.55. The van der Waals surface area contributed by atoms with Gasteiger partial charge in [0.2, 0.25) is 5.91 Å². The molecule has 2 aromatic carbocycles. The second-order valence-corrected chi connectivity index (χ2v) is 7.08. The van der Waals surface area contributed by atoms with Crippen LogP contribution < -0.4 is 5.32 Å². The number of oxazole rings is 1. The summed E-state index contributed by atoms with van der Waals surface area (Å²) in [5.74, 6) is 1.58. The monoisotopic (exact) mass is 376 g/mol. The molecule has 5 heteroatoms. The van der Waals surface area contributed by atoms with Crippen molar-refractivity contribution in [1.29, 1.82) is 0 Å². The van der Waals surface area contributed by atoms with Gasteiger partial charge >= 0.3 is 0 Å². The number of rotatable bonds is 7. The molecule has 0 aliphatic rings. The van der Waals surface area contributed by atoms with Gasteiger partial charge in [-0.3, -0.25) is 9.59 Å². The van der Waals surface area contributed by atoms with E-state index in [1.54, 1.807) is 30.5 Å². The number of nitrogens with zero attached hydrogens (tertiary/aromatic N) is 1. The highest BCUT2D eigenvalue weighted by atomic mass is 16.4. The molecule has 0 radical (unpaired) electrons. The Labute approximate surface area is 164 Å². The molecule has 0 atom stereocenters. The molecule has 0 fully saturated rings. The molecule has 1 N–H and O–H groups in total. The Morgan fingerprint density at radius 2 is 1.71 bits per heavy atom. The molecule has 28 heavy (non-hydrogen) atoms. The van der Waals surface area contributed by atoms with Crippen molar-refractivity contribution < 1.29 is 14.0 Å². The van der Waals surface area contributed by atoms with Gasteiger partial charge in [-0.25, -0.2) is 4.98 Å². The lowest BCUT2D eigenvalue weighted by Crippen LogP contribution is -2.12. The number of benzene rings is 2. The van der Waals surface area contributed by atoms with E-state index in [1.165, 1.54) is 12.5 Å². The van der Waals surface area contributed by atoms with Crippen LogP contribution in [-0.2, 0) is 11.2 Å². The van der Waals surface area contributed by atoms with E-state index < -0.39 is 0 Å². The summed E-state index contributed by atoms with van der Waals surface area (Å²) in [4.78, 5) is 27.7. The maximum Gasteiger partial charge on any atom is 0.224 e. The second-order valence-electron chi connectivity index (χ2n) is 7.08. The number of ketones is 1. The van der Waals surface area contributed by atoms with Crippen LogP contribution in [0.5, 0.6) is 0 Å². The molecule has 0 saturated carbocycles. The van der Waals surface area contributed by atoms with Crippen molar-refractivity contribution in [3.63, 3.8) is 0 Å². The van der Waals surface area contributed by atoms with Crippen molar-refractivity contribution in [1.82, 2.24) is 4.98 Å². The van der Waals surface area contributed by atoms with Crippen molar-refractivity contribution >= 4 is 17.4 Å². The number of hydrogen-bond donors (Lipinski definition) is 1. The van der Waals surface area contributed by atoms with Crippen molar-refractivity contribution in [2.45, 2.75) is 39.5 Å². The number of anilines is 1. The topological polar surface area (TPSA) is 72.2 Å². The van der Waals surface area contributed by atoms with Crippen LogP contribution in [0.3, 0.4) is 0 Å². The van der Waals surface area contributed by atoms with Crippen LogP contribution in [0.25, 0.3) is 11.3 Å². The summed E-state index contributed by atoms with van der Waals surface area (Å²) in [5.41, 5.74) is 3.52. The van der Waals surface area contributed by atoms with Gasteiger partial charge in [0.15, 0.2) is 17.4 Å². The van der Waals surface area contributed by atoms with Gasteiger partial charge < -0.3 is 9.73 Å². The van der Waals surface area contributed by atoms with E-state index in [1.807, 2.05) is 12.1 Å². The van der Waals surface area contributed by atoms with Gasteiger partial charge in [0.05, 0.1) is 6.20 Å². The standard InChI is InChI=1S/C23H24N2O3/c1-15(2)17-4-6-19(7-5-17)21-14-24-23(28-21)13-12-22(27)25-20-10-8-18(9-11-20)16(3)26/h4-11,14-15H,12-13H2,1-3H3,(H,25,27). The molecular formula is C23H24N2O3. The second kappa shape index (κ2) is 8.65. The van der Waals surface area contributed by atoms with Gasteiger partial charge in [0.25, 0.3) is 0 Å². The number of nitrogens with one attached hydrogen (secondary N) is 1. The third-order valence-electron chi connectivity index (χ3n) is 4.56. The number of carbonyl (C=O) groups excluding carboxylic acids is 2. The average Bonchev–Trinajstić information content (AvgIpc) is 3.16. The number of Topliss-reactive ketones (excluding diaryl/α,β-unsaturated/α-hetero) is 1. The fraction of sp³-hybridized carbons (Fsp3) is 0.261. The highest BCUT2D eigenvalue weighted by Gasteiger charge is 2.10. The first-order valence-electron chi connectivity index (χ1n) is 9.38. The maximum atomic E-state index is 12.1. The van der Waals surface area contributed by atoms with Crippen LogP contribution in [0, 0.1) is 0 Å². The molecule has 0 saturated heterocycles. The molecule has 3 aromatic rings. The highest BCUT2D eigenvalue weighted by molar-refractivity contribution is 5.95. The summed E-state index contributed by atoms with van der Waals surface area (Å²) < 4.78 is 5.78. The zero-order valence-electron chi connectivity index (χ0n) is 16.4. The van der Waals surface area contributed by atoms with Crippen LogP contribution in [-0.4, -0.2) is 16.7 Å². The van der Waals surface area contributed by atoms with Gasteiger partial charge in [-0.15, -0.1) is 0 Å². The normalized spacial score (nSPS) is 10.9. The lowest BCUT2D eigenvalue weighted by atomic mass is 10.0. The van der Waals surface area contributed by atoms with E-state index in [-0.39, 0.29) is 18.1 Å². The Hall–Kier alpha value is -3.21. The van der Waals surface area contributed by atoms with Gasteiger partial charge in [-0.2, -0.15) is 0 Å². The largest absolute Gasteiger partial charge is 0.441 e. The number of carbonyl (C=O) groups is 2. The van der Waals surface area contributed by atoms with Crippen molar-refractivity contribution in [2.24, 2.45) is 0 Å². The molecule has 144 valence electrons. The zero-order chi connectivity index (χ0) is 20.1. The molecule has 0 spiro atoms. The van der Waals surface area contributed by atoms with Crippen molar-refractivity contribution in [3.8, 4) is 11.3 Å². The molecular weight excluding hydrogens is 352 g/mol. The molecule has 1 heterocycles. The van der Waals surface area contributed by atoms with E-state index in [4.69, 9.17) is 4.42 Å². The van der Waals surface area contributed by atoms with Crippen LogP contribution >= 0.6 is 0 Å². The predicted molar refractivity (Wildman–Crippen MR) is 109 cm³/mol. The van der Waals surface area contributed by atoms with E-state index in [9.17, 15) is 9.59 Å². The van der Waals surface area contributed by atoms with Gasteiger partial charge in [0, 0.05) is 29.7 Å². The summed E-state index contributed by atoms with van der Waals surface area (Å²) in [5, 5.41) is 2.81. The Morgan fingerprint density at radius 1 is 1.04 bits per heavy atom. The predicted octanol–water partition coefficient (Wildman–Crippen LogP) is 5.24. The zero-order valence-corrected chi connectivity index (χ0v) is 16.4. The smallest absolute Gasteiger partial charge is 0.224 e. The maximum absolute atomic E-state index is 12.1. The number of hydrogen-bond acceptors (Lipinski definition) is 4. The summed E-state index contributed by atoms with van der Waals surface area (Å²) in [6.07, 6.45) is 2.38. The van der Waals surface area contributed by atoms with Crippen LogP contribution in [0.1, 0.15) is 54.9 Å². The molecule has 0 aliphatic carbocycles. The number of amides is 1. The fourth-order valence-electron chi connectivity index (χ4n) is 2.82. The van der Waals surface area contributed by atoms with Crippen LogP contribution in [0.4, 0.5) is 5.69 Å². The highest BCUT2D eigenvalue weighted by Crippen LogP contribution is 2.23. The molecule has 0 unspecified atom stereocenters. The first kappa shape index (κ1) is 19.5. The van der Waals surface area contributed by atoms with Gasteiger partial charge in [0.1, 0.15) is 0 Å². The van der Waals surface area contributed by atoms with Crippen LogP contribution in [0.2, 0.25) is 0 Å². The Morgan fingerprint density at radius 3 is 2.32 bits per heavy atom. The summed E-state index contributed by atoms with van der Waals surface area (Å²) in [6, 6.07) is 15.1. The minimum Gasteiger partial charge on any atom is -0.441 e. The molecule has 3 rings (SSSR count). The SMILES string of the molecule is CC(=O)c1ccc(NC(=O)CCc2ncc(-c3ccc(C(C)C)cc3)o2)cc1. The fourth-order valence-corrected chi connectivity index (χ4v) is 2.82. The van der Waals surface area contributed by atoms with E-state index in [0.717, 1.165) is 5.56 Å². The molecule has 0 bridgehead atoms. The quantitative estimate of drug-likeness (QED) is 0.573. The van der Waals surface area contributed by atoms with Gasteiger partial charge in [-0.1, -0.05) is 38.1 Å². The summed E-state index contributed by atoms with van der Waals surface area (Å²) in [6.45, 7) is 5.82.